The van der Waals surface area contributed by atoms with Gasteiger partial charge in [-0.3, -0.25) is 14.6 Å². The van der Waals surface area contributed by atoms with Crippen molar-refractivity contribution in [2.24, 2.45) is 0 Å². The number of pyridine rings is 1. The number of aryl methyl sites for hydroxylation is 1. The summed E-state index contributed by atoms with van der Waals surface area (Å²) < 4.78 is 5.37. The highest BCUT2D eigenvalue weighted by molar-refractivity contribution is 7.09. The molecular formula is C23H25N3O3S. The molecule has 3 aromatic rings. The Morgan fingerprint density at radius 1 is 1.07 bits per heavy atom. The van der Waals surface area contributed by atoms with E-state index >= 15 is 0 Å². The number of thiazole rings is 1. The normalized spacial score (nSPS) is 10.6. The average Bonchev–Trinajstić information content (AvgIpc) is 3.25. The molecule has 0 aliphatic carbocycles. The maximum atomic E-state index is 12.2. The van der Waals surface area contributed by atoms with Gasteiger partial charge in [-0.1, -0.05) is 0 Å². The Morgan fingerprint density at radius 3 is 2.57 bits per heavy atom. The Bertz CT molecular complexity index is 955. The summed E-state index contributed by atoms with van der Waals surface area (Å²) in [6.07, 6.45) is 5.51. The summed E-state index contributed by atoms with van der Waals surface area (Å²) in [5, 5.41) is 5.96. The van der Waals surface area contributed by atoms with Gasteiger partial charge in [-0.2, -0.15) is 0 Å². The van der Waals surface area contributed by atoms with Crippen LogP contribution in [-0.4, -0.2) is 34.8 Å². The number of carbonyl (C=O) groups excluding carboxylic acids is 2. The first-order valence-electron chi connectivity index (χ1n) is 10.0. The number of carbonyl (C=O) groups is 2. The summed E-state index contributed by atoms with van der Waals surface area (Å²) in [6.45, 7) is 3.07. The monoisotopic (exact) mass is 423 g/mol. The first-order valence-corrected chi connectivity index (χ1v) is 10.9. The van der Waals surface area contributed by atoms with Crippen LogP contribution in [-0.2, 0) is 11.2 Å². The van der Waals surface area contributed by atoms with Crippen molar-refractivity contribution < 1.29 is 14.3 Å². The molecule has 3 rings (SSSR count). The van der Waals surface area contributed by atoms with Gasteiger partial charge in [-0.05, 0) is 49.7 Å². The Kier molecular flexibility index (Phi) is 8.09. The van der Waals surface area contributed by atoms with Gasteiger partial charge in [0, 0.05) is 54.7 Å². The minimum atomic E-state index is -0.106. The van der Waals surface area contributed by atoms with Gasteiger partial charge in [-0.25, -0.2) is 4.98 Å². The summed E-state index contributed by atoms with van der Waals surface area (Å²) in [5.41, 5.74) is 2.60. The molecule has 0 fully saturated rings. The molecule has 156 valence electrons. The maximum absolute atomic E-state index is 12.2. The molecule has 0 aliphatic rings. The lowest BCUT2D eigenvalue weighted by molar-refractivity contribution is -0.121. The van der Waals surface area contributed by atoms with E-state index in [0.29, 0.717) is 18.7 Å². The summed E-state index contributed by atoms with van der Waals surface area (Å²) in [7, 11) is 0. The van der Waals surface area contributed by atoms with Crippen LogP contribution < -0.4 is 10.1 Å². The molecular weight excluding hydrogens is 398 g/mol. The largest absolute Gasteiger partial charge is 0.494 e. The van der Waals surface area contributed by atoms with E-state index < -0.39 is 0 Å². The van der Waals surface area contributed by atoms with Crippen LogP contribution in [0.5, 0.6) is 5.75 Å². The number of hydrogen-bond donors (Lipinski definition) is 1. The Morgan fingerprint density at radius 2 is 1.83 bits per heavy atom. The molecule has 1 amide bonds. The zero-order valence-corrected chi connectivity index (χ0v) is 17.8. The fourth-order valence-corrected chi connectivity index (χ4v) is 3.76. The van der Waals surface area contributed by atoms with Gasteiger partial charge >= 0.3 is 0 Å². The van der Waals surface area contributed by atoms with Gasteiger partial charge in [0.15, 0.2) is 5.78 Å². The molecule has 1 aromatic carbocycles. The highest BCUT2D eigenvalue weighted by Gasteiger charge is 2.10. The lowest BCUT2D eigenvalue weighted by Crippen LogP contribution is -2.25. The number of nitrogens with zero attached hydrogens (tertiary/aromatic N) is 2. The van der Waals surface area contributed by atoms with E-state index in [2.05, 4.69) is 15.3 Å². The molecule has 0 atom stereocenters. The second kappa shape index (κ2) is 11.2. The van der Waals surface area contributed by atoms with Gasteiger partial charge < -0.3 is 10.1 Å². The molecule has 0 saturated carbocycles. The van der Waals surface area contributed by atoms with E-state index in [4.69, 9.17) is 4.74 Å². The van der Waals surface area contributed by atoms with Gasteiger partial charge in [0.2, 0.25) is 5.91 Å². The molecule has 6 nitrogen and oxygen atoms in total. The second-order valence-electron chi connectivity index (χ2n) is 6.70. The number of ether oxygens (including phenoxy) is 1. The van der Waals surface area contributed by atoms with Crippen molar-refractivity contribution in [3.05, 3.63) is 64.7 Å². The summed E-state index contributed by atoms with van der Waals surface area (Å²) in [5.74, 6) is 0.588. The minimum Gasteiger partial charge on any atom is -0.494 e. The van der Waals surface area contributed by atoms with E-state index in [9.17, 15) is 9.59 Å². The van der Waals surface area contributed by atoms with Crippen molar-refractivity contribution in [2.45, 2.75) is 32.6 Å². The van der Waals surface area contributed by atoms with Gasteiger partial charge in [0.05, 0.1) is 17.3 Å². The standard InChI is InChI=1S/C23H25N3O3S/c1-2-29-19-7-5-18(6-8-19)21(27)9-10-22(28)25-13-3-4-23-26-20(16-30-23)17-11-14-24-15-12-17/h5-8,11-12,14-16H,2-4,9-10,13H2,1H3,(H,25,28). The number of rotatable bonds is 11. The average molecular weight is 424 g/mol. The van der Waals surface area contributed by atoms with Crippen LogP contribution in [0.2, 0.25) is 0 Å². The molecule has 0 spiro atoms. The van der Waals surface area contributed by atoms with Crippen LogP contribution in [0.1, 0.15) is 41.6 Å². The molecule has 2 aromatic heterocycles. The second-order valence-corrected chi connectivity index (χ2v) is 7.64. The first kappa shape index (κ1) is 21.6. The first-order chi connectivity index (χ1) is 14.7. The zero-order valence-electron chi connectivity index (χ0n) is 17.0. The van der Waals surface area contributed by atoms with Crippen LogP contribution in [0.3, 0.4) is 0 Å². The molecule has 2 heterocycles. The van der Waals surface area contributed by atoms with Gasteiger partial charge in [0.1, 0.15) is 5.75 Å². The maximum Gasteiger partial charge on any atom is 0.220 e. The van der Waals surface area contributed by atoms with Crippen LogP contribution in [0.25, 0.3) is 11.3 Å². The van der Waals surface area contributed by atoms with Crippen LogP contribution in [0.4, 0.5) is 0 Å². The van der Waals surface area contributed by atoms with Crippen LogP contribution in [0.15, 0.2) is 54.2 Å². The molecule has 0 radical (unpaired) electrons. The van der Waals surface area contributed by atoms with Gasteiger partial charge in [0.25, 0.3) is 0 Å². The molecule has 0 bridgehead atoms. The number of aromatic nitrogens is 2. The van der Waals surface area contributed by atoms with E-state index in [1.54, 1.807) is 48.0 Å². The number of nitrogens with one attached hydrogen (secondary N) is 1. The van der Waals surface area contributed by atoms with Crippen molar-refractivity contribution in [3.63, 3.8) is 0 Å². The minimum absolute atomic E-state index is 0.0420. The van der Waals surface area contributed by atoms with E-state index in [1.807, 2.05) is 24.4 Å². The predicted octanol–water partition coefficient (Wildman–Crippen LogP) is 4.32. The Hall–Kier alpha value is -3.06. The van der Waals surface area contributed by atoms with E-state index in [0.717, 1.165) is 34.9 Å². The van der Waals surface area contributed by atoms with E-state index in [-0.39, 0.29) is 24.5 Å². The fourth-order valence-electron chi connectivity index (χ4n) is 2.91. The summed E-state index contributed by atoms with van der Waals surface area (Å²) in [6, 6.07) is 10.9. The lowest BCUT2D eigenvalue weighted by Gasteiger charge is -2.06. The van der Waals surface area contributed by atoms with Crippen molar-refractivity contribution in [2.75, 3.05) is 13.2 Å². The molecule has 0 saturated heterocycles. The Balaban J connectivity index is 1.34. The third-order valence-electron chi connectivity index (χ3n) is 4.48. The number of hydrogen-bond acceptors (Lipinski definition) is 6. The van der Waals surface area contributed by atoms with Crippen LogP contribution in [0, 0.1) is 0 Å². The fraction of sp³-hybridized carbons (Fsp3) is 0.304. The molecule has 0 aliphatic heterocycles. The van der Waals surface area contributed by atoms with Crippen molar-refractivity contribution >= 4 is 23.0 Å². The van der Waals surface area contributed by atoms with Crippen molar-refractivity contribution in [3.8, 4) is 17.0 Å². The SMILES string of the molecule is CCOc1ccc(C(=O)CCC(=O)NCCCc2nc(-c3ccncc3)cs2)cc1. The Labute approximate surface area is 180 Å². The predicted molar refractivity (Wildman–Crippen MR) is 118 cm³/mol. The zero-order chi connectivity index (χ0) is 21.2. The van der Waals surface area contributed by atoms with Crippen molar-refractivity contribution in [1.82, 2.24) is 15.3 Å². The van der Waals surface area contributed by atoms with E-state index in [1.165, 1.54) is 0 Å². The lowest BCUT2D eigenvalue weighted by atomic mass is 10.1. The van der Waals surface area contributed by atoms with Gasteiger partial charge in [-0.15, -0.1) is 11.3 Å². The molecule has 7 heteroatoms. The number of ketones is 1. The smallest absolute Gasteiger partial charge is 0.220 e. The quantitative estimate of drug-likeness (QED) is 0.367. The third-order valence-corrected chi connectivity index (χ3v) is 5.39. The highest BCUT2D eigenvalue weighted by atomic mass is 32.1. The molecule has 1 N–H and O–H groups in total. The third kappa shape index (κ3) is 6.49. The number of Topliss-reactive ketones (excluding diaryl/α,β-unsaturated/α-hetero) is 1. The molecule has 0 unspecified atom stereocenters. The van der Waals surface area contributed by atoms with Crippen LogP contribution >= 0.6 is 11.3 Å². The number of amides is 1. The number of benzene rings is 1. The highest BCUT2D eigenvalue weighted by Crippen LogP contribution is 2.21. The molecule has 30 heavy (non-hydrogen) atoms. The topological polar surface area (TPSA) is 81.2 Å². The summed E-state index contributed by atoms with van der Waals surface area (Å²) in [4.78, 5) is 32.9. The van der Waals surface area contributed by atoms with Crippen molar-refractivity contribution in [1.29, 1.82) is 0 Å². The summed E-state index contributed by atoms with van der Waals surface area (Å²) >= 11 is 1.62.